The Bertz CT molecular complexity index is 1090. The first-order chi connectivity index (χ1) is 15.2. The number of aliphatic hydroxyl groups excluding tert-OH is 1. The molecule has 0 fully saturated rings. The van der Waals surface area contributed by atoms with Gasteiger partial charge in [-0.2, -0.15) is 0 Å². The van der Waals surface area contributed by atoms with Crippen LogP contribution in [0.4, 0.5) is 0 Å². The van der Waals surface area contributed by atoms with Crippen LogP contribution in [0.1, 0.15) is 17.5 Å². The summed E-state index contributed by atoms with van der Waals surface area (Å²) in [7, 11) is -3.80. The van der Waals surface area contributed by atoms with Crippen molar-refractivity contribution in [3.8, 4) is 0 Å². The third kappa shape index (κ3) is 6.54. The molecule has 10 heteroatoms. The molecular formula is C22H24Cl2N2O5S. The molecule has 172 valence electrons. The predicted octanol–water partition coefficient (Wildman–Crippen LogP) is 2.97. The van der Waals surface area contributed by atoms with Crippen LogP contribution in [-0.2, 0) is 26.1 Å². The van der Waals surface area contributed by atoms with Gasteiger partial charge < -0.3 is 15.2 Å². The number of nitrogens with one attached hydrogen (secondary N) is 2. The number of halogens is 2. The van der Waals surface area contributed by atoms with Crippen molar-refractivity contribution in [1.29, 1.82) is 0 Å². The fourth-order valence-corrected chi connectivity index (χ4v) is 4.72. The summed E-state index contributed by atoms with van der Waals surface area (Å²) in [6.45, 7) is 1.73. The highest BCUT2D eigenvalue weighted by atomic mass is 35.5. The van der Waals surface area contributed by atoms with Gasteiger partial charge in [-0.15, -0.1) is 0 Å². The monoisotopic (exact) mass is 498 g/mol. The fourth-order valence-electron chi connectivity index (χ4n) is 3.18. The van der Waals surface area contributed by atoms with E-state index >= 15 is 0 Å². The fraction of sp³-hybridized carbons (Fsp3) is 0.318. The third-order valence-corrected chi connectivity index (χ3v) is 7.16. The molecule has 0 aliphatic carbocycles. The lowest BCUT2D eigenvalue weighted by Crippen LogP contribution is -2.49. The number of aryl methyl sites for hydroxylation is 1. The standard InChI is InChI=1S/C22H24Cl2N2O5S/c1-14-2-6-17(7-3-14)32(29,30)26-20-9-5-16(31-21(20)13-27)11-22(28)25-12-15-4-8-18(23)19(24)10-15/h2-10,16,20-21,26-27H,11-13H2,1H3,(H,25,28)/t16-,20+,21-/m1/s1. The number of sulfonamides is 1. The summed E-state index contributed by atoms with van der Waals surface area (Å²) < 4.78 is 33.5. The summed E-state index contributed by atoms with van der Waals surface area (Å²) in [6.07, 6.45) is 1.82. The zero-order valence-electron chi connectivity index (χ0n) is 17.3. The Morgan fingerprint density at radius 2 is 1.81 bits per heavy atom. The first kappa shape index (κ1) is 24.7. The minimum Gasteiger partial charge on any atom is -0.394 e. The molecule has 3 atom stereocenters. The van der Waals surface area contributed by atoms with E-state index in [0.29, 0.717) is 10.0 Å². The predicted molar refractivity (Wildman–Crippen MR) is 123 cm³/mol. The molecule has 1 heterocycles. The van der Waals surface area contributed by atoms with Crippen molar-refractivity contribution in [2.45, 2.75) is 43.0 Å². The highest BCUT2D eigenvalue weighted by Gasteiger charge is 2.31. The topological polar surface area (TPSA) is 105 Å². The average Bonchev–Trinajstić information content (AvgIpc) is 2.75. The second-order valence-corrected chi connectivity index (χ2v) is 10.00. The van der Waals surface area contributed by atoms with E-state index in [0.717, 1.165) is 11.1 Å². The maximum atomic E-state index is 12.6. The maximum absolute atomic E-state index is 12.6. The third-order valence-electron chi connectivity index (χ3n) is 4.95. The number of carbonyl (C=O) groups is 1. The molecule has 0 bridgehead atoms. The number of hydrogen-bond acceptors (Lipinski definition) is 5. The Labute approximate surface area is 197 Å². The zero-order valence-corrected chi connectivity index (χ0v) is 19.6. The molecule has 2 aromatic carbocycles. The van der Waals surface area contributed by atoms with Gasteiger partial charge in [-0.1, -0.05) is 59.1 Å². The van der Waals surface area contributed by atoms with Gasteiger partial charge in [-0.3, -0.25) is 4.79 Å². The summed E-state index contributed by atoms with van der Waals surface area (Å²) in [5.74, 6) is -0.263. The van der Waals surface area contributed by atoms with Gasteiger partial charge in [0.1, 0.15) is 6.10 Å². The van der Waals surface area contributed by atoms with E-state index in [9.17, 15) is 18.3 Å². The molecule has 1 aliphatic heterocycles. The van der Waals surface area contributed by atoms with Gasteiger partial charge in [0.2, 0.25) is 15.9 Å². The van der Waals surface area contributed by atoms with Gasteiger partial charge in [-0.25, -0.2) is 13.1 Å². The van der Waals surface area contributed by atoms with Crippen molar-refractivity contribution >= 4 is 39.1 Å². The van der Waals surface area contributed by atoms with E-state index in [1.54, 1.807) is 42.5 Å². The summed E-state index contributed by atoms with van der Waals surface area (Å²) in [5.41, 5.74) is 1.74. The number of hydrogen-bond donors (Lipinski definition) is 3. The molecule has 0 saturated carbocycles. The van der Waals surface area contributed by atoms with Crippen LogP contribution in [0, 0.1) is 6.92 Å². The van der Waals surface area contributed by atoms with Gasteiger partial charge in [0, 0.05) is 6.54 Å². The molecule has 2 aromatic rings. The molecule has 0 unspecified atom stereocenters. The summed E-state index contributed by atoms with van der Waals surface area (Å²) in [4.78, 5) is 12.4. The van der Waals surface area contributed by atoms with Crippen molar-refractivity contribution in [1.82, 2.24) is 10.0 Å². The highest BCUT2D eigenvalue weighted by Crippen LogP contribution is 2.23. The van der Waals surface area contributed by atoms with Gasteiger partial charge >= 0.3 is 0 Å². The normalized spacial score (nSPS) is 20.8. The molecule has 7 nitrogen and oxygen atoms in total. The Hall–Kier alpha value is -1.94. The largest absolute Gasteiger partial charge is 0.394 e. The smallest absolute Gasteiger partial charge is 0.241 e. The number of ether oxygens (including phenoxy) is 1. The van der Waals surface area contributed by atoms with E-state index in [1.165, 1.54) is 12.1 Å². The van der Waals surface area contributed by atoms with Crippen LogP contribution < -0.4 is 10.0 Å². The van der Waals surface area contributed by atoms with E-state index < -0.39 is 34.9 Å². The second kappa shape index (κ2) is 10.8. The van der Waals surface area contributed by atoms with E-state index in [1.807, 2.05) is 6.92 Å². The molecule has 3 N–H and O–H groups in total. The molecule has 0 aromatic heterocycles. The lowest BCUT2D eigenvalue weighted by Gasteiger charge is -2.31. The maximum Gasteiger partial charge on any atom is 0.241 e. The van der Waals surface area contributed by atoms with Crippen LogP contribution in [-0.4, -0.2) is 44.3 Å². The molecule has 0 radical (unpaired) electrons. The van der Waals surface area contributed by atoms with Crippen molar-refractivity contribution < 1.29 is 23.1 Å². The second-order valence-electron chi connectivity index (χ2n) is 7.47. The molecular weight excluding hydrogens is 475 g/mol. The van der Waals surface area contributed by atoms with Crippen LogP contribution in [0.2, 0.25) is 10.0 Å². The van der Waals surface area contributed by atoms with Gasteiger partial charge in [-0.05, 0) is 36.8 Å². The SMILES string of the molecule is Cc1ccc(S(=O)(=O)N[C@H]2C=C[C@H](CC(=O)NCc3ccc(Cl)c(Cl)c3)O[C@@H]2CO)cc1. The quantitative estimate of drug-likeness (QED) is 0.485. The molecule has 32 heavy (non-hydrogen) atoms. The van der Waals surface area contributed by atoms with E-state index in [-0.39, 0.29) is 23.8 Å². The Kier molecular flexibility index (Phi) is 8.32. The molecule has 0 saturated heterocycles. The number of aliphatic hydroxyl groups is 1. The molecule has 1 aliphatic rings. The van der Waals surface area contributed by atoms with Crippen LogP contribution in [0.25, 0.3) is 0 Å². The van der Waals surface area contributed by atoms with Gasteiger partial charge in [0.15, 0.2) is 0 Å². The van der Waals surface area contributed by atoms with Gasteiger partial charge in [0.25, 0.3) is 0 Å². The average molecular weight is 499 g/mol. The van der Waals surface area contributed by atoms with Crippen molar-refractivity contribution in [3.63, 3.8) is 0 Å². The Morgan fingerprint density at radius 1 is 1.09 bits per heavy atom. The van der Waals surface area contributed by atoms with Crippen molar-refractivity contribution in [3.05, 3.63) is 75.8 Å². The first-order valence-electron chi connectivity index (χ1n) is 9.92. The lowest BCUT2D eigenvalue weighted by molar-refractivity contribution is -0.125. The van der Waals surface area contributed by atoms with E-state index in [2.05, 4.69) is 10.0 Å². The van der Waals surface area contributed by atoms with Crippen LogP contribution in [0.3, 0.4) is 0 Å². The van der Waals surface area contributed by atoms with Crippen molar-refractivity contribution in [2.24, 2.45) is 0 Å². The highest BCUT2D eigenvalue weighted by molar-refractivity contribution is 7.89. The minimum atomic E-state index is -3.80. The van der Waals surface area contributed by atoms with Gasteiger partial charge in [0.05, 0.1) is 40.1 Å². The molecule has 3 rings (SSSR count). The van der Waals surface area contributed by atoms with Crippen molar-refractivity contribution in [2.75, 3.05) is 6.61 Å². The molecule has 0 spiro atoms. The van der Waals surface area contributed by atoms with Crippen LogP contribution in [0.5, 0.6) is 0 Å². The van der Waals surface area contributed by atoms with Crippen LogP contribution in [0.15, 0.2) is 59.5 Å². The summed E-state index contributed by atoms with van der Waals surface area (Å²) in [5, 5.41) is 13.3. The van der Waals surface area contributed by atoms with Crippen LogP contribution >= 0.6 is 23.2 Å². The number of rotatable bonds is 8. The first-order valence-corrected chi connectivity index (χ1v) is 12.2. The Morgan fingerprint density at radius 3 is 2.47 bits per heavy atom. The lowest BCUT2D eigenvalue weighted by atomic mass is 10.1. The number of amides is 1. The molecule has 1 amide bonds. The minimum absolute atomic E-state index is 0.0196. The van der Waals surface area contributed by atoms with E-state index in [4.69, 9.17) is 27.9 Å². The number of benzene rings is 2. The zero-order chi connectivity index (χ0) is 23.3. The Balaban J connectivity index is 1.57. The summed E-state index contributed by atoms with van der Waals surface area (Å²) >= 11 is 11.9. The number of carbonyl (C=O) groups excluding carboxylic acids is 1. The summed E-state index contributed by atoms with van der Waals surface area (Å²) in [6, 6.07) is 10.8.